The topological polar surface area (TPSA) is 74.7 Å². The van der Waals surface area contributed by atoms with Crippen molar-refractivity contribution in [1.82, 2.24) is 4.90 Å². The van der Waals surface area contributed by atoms with Crippen molar-refractivity contribution in [3.8, 4) is 0 Å². The lowest BCUT2D eigenvalue weighted by Gasteiger charge is -2.24. The molecule has 0 aliphatic rings. The monoisotopic (exact) mass is 249 g/mol. The summed E-state index contributed by atoms with van der Waals surface area (Å²) >= 11 is 0. The second kappa shape index (κ2) is 5.95. The Balaban J connectivity index is 2.99. The highest BCUT2D eigenvalue weighted by atomic mass is 16.4. The fourth-order valence-electron chi connectivity index (χ4n) is 1.79. The lowest BCUT2D eigenvalue weighted by atomic mass is 10.0. The summed E-state index contributed by atoms with van der Waals surface area (Å²) in [5.41, 5.74) is 0.761. The summed E-state index contributed by atoms with van der Waals surface area (Å²) in [4.78, 5) is 34.7. The van der Waals surface area contributed by atoms with E-state index >= 15 is 0 Å². The summed E-state index contributed by atoms with van der Waals surface area (Å²) < 4.78 is 0. The van der Waals surface area contributed by atoms with Crippen molar-refractivity contribution >= 4 is 17.8 Å². The van der Waals surface area contributed by atoms with Gasteiger partial charge < -0.3 is 5.11 Å². The van der Waals surface area contributed by atoms with E-state index in [-0.39, 0.29) is 6.42 Å². The summed E-state index contributed by atoms with van der Waals surface area (Å²) in [7, 11) is 0. The average molecular weight is 249 g/mol. The number of carboxylic acid groups (broad SMARTS) is 1. The Morgan fingerprint density at radius 1 is 1.11 bits per heavy atom. The molecule has 1 aromatic rings. The van der Waals surface area contributed by atoms with E-state index in [4.69, 9.17) is 5.11 Å². The van der Waals surface area contributed by atoms with E-state index in [0.717, 1.165) is 10.5 Å². The highest BCUT2D eigenvalue weighted by Crippen LogP contribution is 2.10. The lowest BCUT2D eigenvalue weighted by Crippen LogP contribution is -2.48. The number of nitrogens with zero attached hydrogens (tertiary/aromatic N) is 1. The highest BCUT2D eigenvalue weighted by Gasteiger charge is 2.30. The Hall–Kier alpha value is -2.17. The summed E-state index contributed by atoms with van der Waals surface area (Å²) in [6, 6.07) is 7.72. The molecular weight excluding hydrogens is 234 g/mol. The van der Waals surface area contributed by atoms with Crippen LogP contribution in [0.1, 0.15) is 19.4 Å². The van der Waals surface area contributed by atoms with Gasteiger partial charge in [-0.25, -0.2) is 4.79 Å². The van der Waals surface area contributed by atoms with Crippen molar-refractivity contribution in [3.05, 3.63) is 35.9 Å². The standard InChI is InChI=1S/C13H15NO4/c1-9(15)14(10(2)16)12(13(17)18)8-11-6-4-3-5-7-11/h3-7,12H,8H2,1-2H3,(H,17,18)/t12-/m1/s1. The molecule has 0 saturated heterocycles. The molecule has 1 atom stereocenters. The van der Waals surface area contributed by atoms with E-state index in [9.17, 15) is 14.4 Å². The second-order valence-electron chi connectivity index (χ2n) is 3.95. The van der Waals surface area contributed by atoms with Crippen LogP contribution < -0.4 is 0 Å². The maximum Gasteiger partial charge on any atom is 0.327 e. The van der Waals surface area contributed by atoms with Crippen LogP contribution in [0.2, 0.25) is 0 Å². The minimum Gasteiger partial charge on any atom is -0.480 e. The van der Waals surface area contributed by atoms with Crippen LogP contribution in [0.4, 0.5) is 0 Å². The van der Waals surface area contributed by atoms with Crippen molar-refractivity contribution in [3.63, 3.8) is 0 Å². The number of aliphatic carboxylic acids is 1. The van der Waals surface area contributed by atoms with Gasteiger partial charge in [0.2, 0.25) is 11.8 Å². The summed E-state index contributed by atoms with van der Waals surface area (Å²) in [5, 5.41) is 9.16. The Labute approximate surface area is 105 Å². The fraction of sp³-hybridized carbons (Fsp3) is 0.308. The van der Waals surface area contributed by atoms with Crippen LogP contribution >= 0.6 is 0 Å². The first-order valence-corrected chi connectivity index (χ1v) is 5.50. The number of hydrogen-bond acceptors (Lipinski definition) is 3. The second-order valence-corrected chi connectivity index (χ2v) is 3.95. The molecular formula is C13H15NO4. The van der Waals surface area contributed by atoms with Gasteiger partial charge in [-0.05, 0) is 5.56 Å². The summed E-state index contributed by atoms with van der Waals surface area (Å²) in [6.07, 6.45) is 0.106. The molecule has 96 valence electrons. The Morgan fingerprint density at radius 3 is 2.00 bits per heavy atom. The van der Waals surface area contributed by atoms with E-state index in [0.29, 0.717) is 0 Å². The molecule has 5 heteroatoms. The fourth-order valence-corrected chi connectivity index (χ4v) is 1.79. The maximum atomic E-state index is 11.4. The molecule has 0 heterocycles. The third kappa shape index (κ3) is 3.41. The molecule has 1 N–H and O–H groups in total. The van der Waals surface area contributed by atoms with E-state index in [1.54, 1.807) is 24.3 Å². The van der Waals surface area contributed by atoms with Gasteiger partial charge in [0.05, 0.1) is 0 Å². The number of carbonyl (C=O) groups excluding carboxylic acids is 2. The van der Waals surface area contributed by atoms with Gasteiger partial charge in [0, 0.05) is 20.3 Å². The number of carbonyl (C=O) groups is 3. The third-order valence-electron chi connectivity index (χ3n) is 2.55. The molecule has 18 heavy (non-hydrogen) atoms. The Morgan fingerprint density at radius 2 is 1.61 bits per heavy atom. The predicted octanol–water partition coefficient (Wildman–Crippen LogP) is 1.08. The number of amides is 2. The van der Waals surface area contributed by atoms with Gasteiger partial charge in [-0.3, -0.25) is 14.5 Å². The first-order chi connectivity index (χ1) is 8.43. The zero-order valence-electron chi connectivity index (χ0n) is 10.3. The van der Waals surface area contributed by atoms with Gasteiger partial charge in [0.1, 0.15) is 6.04 Å². The molecule has 0 radical (unpaired) electrons. The smallest absolute Gasteiger partial charge is 0.327 e. The quantitative estimate of drug-likeness (QED) is 0.866. The molecule has 0 aliphatic carbocycles. The third-order valence-corrected chi connectivity index (χ3v) is 2.55. The molecule has 0 aliphatic heterocycles. The summed E-state index contributed by atoms with van der Waals surface area (Å²) in [5.74, 6) is -2.32. The molecule has 0 fully saturated rings. The molecule has 0 bridgehead atoms. The van der Waals surface area contributed by atoms with Crippen LogP contribution in [0.5, 0.6) is 0 Å². The zero-order valence-corrected chi connectivity index (χ0v) is 10.3. The van der Waals surface area contributed by atoms with Crippen LogP contribution in [0.3, 0.4) is 0 Å². The van der Waals surface area contributed by atoms with E-state index in [2.05, 4.69) is 0 Å². The van der Waals surface area contributed by atoms with E-state index in [1.165, 1.54) is 13.8 Å². The van der Waals surface area contributed by atoms with Gasteiger partial charge in [-0.15, -0.1) is 0 Å². The number of hydrogen-bond donors (Lipinski definition) is 1. The zero-order chi connectivity index (χ0) is 13.7. The van der Waals surface area contributed by atoms with Crippen LogP contribution in [-0.2, 0) is 20.8 Å². The minimum atomic E-state index is -1.19. The van der Waals surface area contributed by atoms with Gasteiger partial charge >= 0.3 is 5.97 Å². The molecule has 0 spiro atoms. The molecule has 0 saturated carbocycles. The van der Waals surface area contributed by atoms with Crippen molar-refractivity contribution in [2.45, 2.75) is 26.3 Å². The van der Waals surface area contributed by atoms with Crippen molar-refractivity contribution in [1.29, 1.82) is 0 Å². The number of imide groups is 1. The largest absolute Gasteiger partial charge is 0.480 e. The van der Waals surface area contributed by atoms with Gasteiger partial charge in [-0.1, -0.05) is 30.3 Å². The molecule has 5 nitrogen and oxygen atoms in total. The SMILES string of the molecule is CC(=O)N(C(C)=O)[C@H](Cc1ccccc1)C(=O)O. The van der Waals surface area contributed by atoms with Crippen molar-refractivity contribution < 1.29 is 19.5 Å². The lowest BCUT2D eigenvalue weighted by molar-refractivity contribution is -0.156. The summed E-state index contributed by atoms with van der Waals surface area (Å²) in [6.45, 7) is 2.37. The predicted molar refractivity (Wildman–Crippen MR) is 64.8 cm³/mol. The first kappa shape index (κ1) is 13.9. The number of carboxylic acids is 1. The maximum absolute atomic E-state index is 11.4. The Bertz CT molecular complexity index is 441. The van der Waals surface area contributed by atoms with Crippen LogP contribution in [0, 0.1) is 0 Å². The minimum absolute atomic E-state index is 0.106. The number of rotatable bonds is 4. The van der Waals surface area contributed by atoms with Crippen LogP contribution in [0.25, 0.3) is 0 Å². The van der Waals surface area contributed by atoms with E-state index in [1.807, 2.05) is 6.07 Å². The van der Waals surface area contributed by atoms with Crippen LogP contribution in [-0.4, -0.2) is 33.8 Å². The molecule has 0 aromatic heterocycles. The van der Waals surface area contributed by atoms with Gasteiger partial charge in [0.15, 0.2) is 0 Å². The van der Waals surface area contributed by atoms with Crippen molar-refractivity contribution in [2.24, 2.45) is 0 Å². The van der Waals surface area contributed by atoms with Crippen LogP contribution in [0.15, 0.2) is 30.3 Å². The van der Waals surface area contributed by atoms with Gasteiger partial charge in [-0.2, -0.15) is 0 Å². The van der Waals surface area contributed by atoms with Gasteiger partial charge in [0.25, 0.3) is 0 Å². The Kier molecular flexibility index (Phi) is 4.59. The molecule has 2 amide bonds. The first-order valence-electron chi connectivity index (χ1n) is 5.50. The highest BCUT2D eigenvalue weighted by molar-refractivity contribution is 5.97. The molecule has 1 aromatic carbocycles. The van der Waals surface area contributed by atoms with Crippen molar-refractivity contribution in [2.75, 3.05) is 0 Å². The average Bonchev–Trinajstić information content (AvgIpc) is 2.28. The number of benzene rings is 1. The molecule has 0 unspecified atom stereocenters. The normalized spacial score (nSPS) is 11.7. The molecule has 1 rings (SSSR count). The van der Waals surface area contributed by atoms with E-state index < -0.39 is 23.8 Å².